The molecule has 1 spiro atoms. The molecule has 2 aliphatic carbocycles. The Labute approximate surface area is 657 Å². The third-order valence-corrected chi connectivity index (χ3v) is 24.6. The Kier molecular flexibility index (Phi) is 15.2. The molecule has 8 heteroatoms. The zero-order chi connectivity index (χ0) is 75.2. The number of para-hydroxylation sites is 8. The molecule has 0 unspecified atom stereocenters. The van der Waals surface area contributed by atoms with Crippen LogP contribution < -0.4 is 19.6 Å². The number of nitrogens with zero attached hydrogens (tertiary/aromatic N) is 8. The monoisotopic (exact) mass is 1450 g/mol. The molecule has 0 saturated heterocycles. The largest absolute Gasteiger partial charge is 0.341 e. The molecule has 4 heterocycles. The fourth-order valence-electron chi connectivity index (χ4n) is 19.9. The standard InChI is InChI=1S/C105H80N8/c1-5-106-97-41-25-21-37-85(97)89-57-49-77(65-101(89)106)110(69-29-13-9-14-30-69)73-45-53-81-82-54-46-74(111(70-31-15-10-16-32-70)78-50-58-90-86-38-22-26-42-98(86)107(6-2)102(90)66-78)62-94(82)105(93(81)61-73)95-63-75(112(71-33-17-11-18-34-71)79-51-59-91-87-39-23-27-43-99(87)108(7-3)103(91)67-79)47-55-83(95)84-56-48-76(64-96(84)105)113(72-35-19-12-20-36-72)80-52-60-92-88-40-24-28-44-100(88)109(8-4)104(92)68-80/h9-68H,5-8H2,1-4H3. The summed E-state index contributed by atoms with van der Waals surface area (Å²) in [4.78, 5) is 9.99. The van der Waals surface area contributed by atoms with E-state index in [-0.39, 0.29) is 0 Å². The van der Waals surface area contributed by atoms with Crippen molar-refractivity contribution in [3.63, 3.8) is 0 Å². The fourth-order valence-corrected chi connectivity index (χ4v) is 19.9. The molecule has 0 N–H and O–H groups in total. The van der Waals surface area contributed by atoms with Crippen LogP contribution in [0.4, 0.5) is 68.2 Å². The van der Waals surface area contributed by atoms with Gasteiger partial charge in [-0.3, -0.25) is 0 Å². The van der Waals surface area contributed by atoms with Gasteiger partial charge in [-0.1, -0.05) is 194 Å². The molecule has 4 aromatic heterocycles. The first-order valence-electron chi connectivity index (χ1n) is 39.9. The quantitative estimate of drug-likeness (QED) is 0.0965. The van der Waals surface area contributed by atoms with Gasteiger partial charge in [0.05, 0.1) is 27.5 Å². The first kappa shape index (κ1) is 66.0. The van der Waals surface area contributed by atoms with E-state index in [0.717, 1.165) is 94.4 Å². The van der Waals surface area contributed by atoms with Crippen LogP contribution in [0.5, 0.6) is 0 Å². The molecule has 2 aliphatic rings. The molecular formula is C105H80N8. The van der Waals surface area contributed by atoms with E-state index in [0.29, 0.717) is 0 Å². The third kappa shape index (κ3) is 9.88. The van der Waals surface area contributed by atoms with Gasteiger partial charge < -0.3 is 37.9 Å². The van der Waals surface area contributed by atoms with Gasteiger partial charge in [0.25, 0.3) is 0 Å². The Morgan fingerprint density at radius 3 is 0.584 bits per heavy atom. The van der Waals surface area contributed by atoms with E-state index in [4.69, 9.17) is 0 Å². The highest BCUT2D eigenvalue weighted by molar-refractivity contribution is 6.13. The van der Waals surface area contributed by atoms with Crippen LogP contribution in [0.25, 0.3) is 109 Å². The second-order valence-corrected chi connectivity index (χ2v) is 30.2. The highest BCUT2D eigenvalue weighted by Gasteiger charge is 2.53. The summed E-state index contributed by atoms with van der Waals surface area (Å²) in [7, 11) is 0. The van der Waals surface area contributed by atoms with Gasteiger partial charge in [-0.2, -0.15) is 0 Å². The van der Waals surface area contributed by atoms with Crippen molar-refractivity contribution in [2.75, 3.05) is 19.6 Å². The minimum Gasteiger partial charge on any atom is -0.341 e. The average molecular weight is 1450 g/mol. The summed E-state index contributed by atoms with van der Waals surface area (Å²) < 4.78 is 9.91. The topological polar surface area (TPSA) is 32.7 Å². The van der Waals surface area contributed by atoms with Gasteiger partial charge in [-0.05, 0) is 242 Å². The van der Waals surface area contributed by atoms with Crippen molar-refractivity contribution in [3.05, 3.63) is 386 Å². The minimum absolute atomic E-state index is 0.835. The van der Waals surface area contributed by atoms with Gasteiger partial charge in [0.15, 0.2) is 0 Å². The number of benzene rings is 16. The minimum atomic E-state index is -0.975. The maximum absolute atomic E-state index is 2.57. The maximum atomic E-state index is 2.57. The molecule has 22 rings (SSSR count). The van der Waals surface area contributed by atoms with E-state index in [2.05, 4.69) is 430 Å². The summed E-state index contributed by atoms with van der Waals surface area (Å²) in [6.07, 6.45) is 0. The molecule has 540 valence electrons. The molecule has 16 aromatic carbocycles. The molecule has 0 saturated carbocycles. The zero-order valence-electron chi connectivity index (χ0n) is 63.5. The van der Waals surface area contributed by atoms with E-state index in [1.165, 1.54) is 132 Å². The van der Waals surface area contributed by atoms with Crippen molar-refractivity contribution in [2.24, 2.45) is 0 Å². The Balaban J connectivity index is 0.845. The van der Waals surface area contributed by atoms with Crippen molar-refractivity contribution in [1.82, 2.24) is 18.3 Å². The lowest BCUT2D eigenvalue weighted by atomic mass is 9.70. The number of hydrogen-bond acceptors (Lipinski definition) is 4. The first-order chi connectivity index (χ1) is 55.9. The number of aryl methyl sites for hydroxylation is 4. The maximum Gasteiger partial charge on any atom is 0.0728 e. The van der Waals surface area contributed by atoms with Crippen LogP contribution >= 0.6 is 0 Å². The fraction of sp³-hybridized carbons (Fsp3) is 0.0857. The van der Waals surface area contributed by atoms with E-state index in [1.54, 1.807) is 0 Å². The number of rotatable bonds is 16. The highest BCUT2D eigenvalue weighted by Crippen LogP contribution is 2.66. The van der Waals surface area contributed by atoms with Gasteiger partial charge in [0.1, 0.15) is 0 Å². The molecular weight excluding hydrogens is 1370 g/mol. The summed E-state index contributed by atoms with van der Waals surface area (Å²) in [6.45, 7) is 12.4. The van der Waals surface area contributed by atoms with Gasteiger partial charge >= 0.3 is 0 Å². The van der Waals surface area contributed by atoms with Gasteiger partial charge in [-0.15, -0.1) is 0 Å². The highest BCUT2D eigenvalue weighted by atomic mass is 15.2. The van der Waals surface area contributed by atoms with Crippen LogP contribution in [0, 0.1) is 0 Å². The van der Waals surface area contributed by atoms with E-state index >= 15 is 0 Å². The number of anilines is 12. The Hall–Kier alpha value is -14.1. The molecule has 20 aromatic rings. The first-order valence-corrected chi connectivity index (χ1v) is 39.9. The van der Waals surface area contributed by atoms with E-state index in [9.17, 15) is 0 Å². The van der Waals surface area contributed by atoms with Crippen molar-refractivity contribution in [2.45, 2.75) is 59.3 Å². The summed E-state index contributed by atoms with van der Waals surface area (Å²) in [5, 5.41) is 10.0. The summed E-state index contributed by atoms with van der Waals surface area (Å²) in [5.74, 6) is 0. The SMILES string of the molecule is CCn1c2ccccc2c2ccc(N(c3ccccc3)c3ccc4c(c3)C3(c5cc(N(c6ccccc6)c6ccc7c8ccccc8n(CC)c7c6)ccc5-4)c4cc(N(c5ccccc5)c5ccc6c7ccccc7n(CC)c6c5)ccc4-c4ccc(N(c5ccccc5)c5ccc6c7ccccc7n(CC)c6c5)cc43)cc21. The molecule has 0 bridgehead atoms. The lowest BCUT2D eigenvalue weighted by Gasteiger charge is -2.35. The third-order valence-electron chi connectivity index (χ3n) is 24.6. The van der Waals surface area contributed by atoms with Crippen LogP contribution in [0.2, 0.25) is 0 Å². The summed E-state index contributed by atoms with van der Waals surface area (Å²) >= 11 is 0. The normalized spacial score (nSPS) is 12.6. The Morgan fingerprint density at radius 1 is 0.177 bits per heavy atom. The lowest BCUT2D eigenvalue weighted by Crippen LogP contribution is -2.27. The second kappa shape index (κ2) is 26.0. The average Bonchev–Trinajstić information content (AvgIpc) is 1.50. The van der Waals surface area contributed by atoms with Gasteiger partial charge in [0, 0.05) is 160 Å². The molecule has 0 atom stereocenters. The number of aromatic nitrogens is 4. The van der Waals surface area contributed by atoms with Crippen LogP contribution in [0.15, 0.2) is 364 Å². The van der Waals surface area contributed by atoms with Crippen molar-refractivity contribution in [3.8, 4) is 22.3 Å². The summed E-state index contributed by atoms with van der Waals surface area (Å²) in [6, 6.07) is 138. The van der Waals surface area contributed by atoms with Crippen LogP contribution in [0.1, 0.15) is 49.9 Å². The Bertz CT molecular complexity index is 6340. The zero-order valence-corrected chi connectivity index (χ0v) is 63.5. The molecule has 0 radical (unpaired) electrons. The number of fused-ring (bicyclic) bond motifs is 22. The molecule has 8 nitrogen and oxygen atoms in total. The van der Waals surface area contributed by atoms with Gasteiger partial charge in [-0.25, -0.2) is 0 Å². The van der Waals surface area contributed by atoms with Crippen LogP contribution in [-0.4, -0.2) is 18.3 Å². The van der Waals surface area contributed by atoms with E-state index in [1.807, 2.05) is 0 Å². The molecule has 0 aliphatic heterocycles. The predicted molar refractivity (Wildman–Crippen MR) is 476 cm³/mol. The van der Waals surface area contributed by atoms with Crippen molar-refractivity contribution in [1.29, 1.82) is 0 Å². The summed E-state index contributed by atoms with van der Waals surface area (Å²) in [5.41, 5.74) is 31.3. The second-order valence-electron chi connectivity index (χ2n) is 30.2. The van der Waals surface area contributed by atoms with E-state index < -0.39 is 5.41 Å². The molecule has 113 heavy (non-hydrogen) atoms. The van der Waals surface area contributed by atoms with Crippen molar-refractivity contribution < 1.29 is 0 Å². The molecule has 0 fully saturated rings. The van der Waals surface area contributed by atoms with Crippen LogP contribution in [-0.2, 0) is 31.6 Å². The van der Waals surface area contributed by atoms with Crippen molar-refractivity contribution >= 4 is 155 Å². The lowest BCUT2D eigenvalue weighted by molar-refractivity contribution is 0.793. The predicted octanol–water partition coefficient (Wildman–Crippen LogP) is 28.4. The number of hydrogen-bond donors (Lipinski definition) is 0. The molecule has 0 amide bonds. The van der Waals surface area contributed by atoms with Gasteiger partial charge in [0.2, 0.25) is 0 Å². The Morgan fingerprint density at radius 2 is 0.363 bits per heavy atom. The van der Waals surface area contributed by atoms with Crippen LogP contribution in [0.3, 0.4) is 0 Å². The smallest absolute Gasteiger partial charge is 0.0728 e.